The molecule has 1 aliphatic rings. The highest BCUT2D eigenvalue weighted by molar-refractivity contribution is 7.89. The molecule has 110 valence electrons. The van der Waals surface area contributed by atoms with Gasteiger partial charge in [0.1, 0.15) is 4.90 Å². The Kier molecular flexibility index (Phi) is 3.79. The molecule has 1 aromatic rings. The van der Waals surface area contributed by atoms with Crippen molar-refractivity contribution in [3.8, 4) is 0 Å². The molecule has 1 heterocycles. The second-order valence-corrected chi connectivity index (χ2v) is 7.32. The Bertz CT molecular complexity index is 663. The largest absolute Gasteiger partial charge is 0.481 e. The van der Waals surface area contributed by atoms with Gasteiger partial charge in [-0.3, -0.25) is 4.79 Å². The Labute approximate surface area is 121 Å². The van der Waals surface area contributed by atoms with Crippen molar-refractivity contribution in [3.63, 3.8) is 0 Å². The minimum Gasteiger partial charge on any atom is -0.481 e. The molecule has 0 saturated carbocycles. The molecule has 1 atom stereocenters. The number of nitrogens with zero attached hydrogens (tertiary/aromatic N) is 1. The average Bonchev–Trinajstić information content (AvgIpc) is 2.77. The second-order valence-electron chi connectivity index (χ2n) is 5.01. The van der Waals surface area contributed by atoms with E-state index in [1.165, 1.54) is 19.1 Å². The molecule has 1 aromatic carbocycles. The fraction of sp³-hybridized carbons (Fsp3) is 0.417. The lowest BCUT2D eigenvalue weighted by Crippen LogP contribution is -2.35. The van der Waals surface area contributed by atoms with Crippen molar-refractivity contribution in [2.24, 2.45) is 5.41 Å². The Morgan fingerprint density at radius 2 is 2.15 bits per heavy atom. The summed E-state index contributed by atoms with van der Waals surface area (Å²) in [5.74, 6) is -2.08. The number of aliphatic carboxylic acids is 1. The number of carboxylic acid groups (broad SMARTS) is 1. The van der Waals surface area contributed by atoms with E-state index in [2.05, 4.69) is 0 Å². The van der Waals surface area contributed by atoms with E-state index < -0.39 is 32.1 Å². The standard InChI is InChI=1S/C12H13ClFNO4S/c1-12(11(16)17)5-6-15(7-12)20(18,19)9-4-2-3-8(13)10(9)14/h2-4H,5-7H2,1H3,(H,16,17). The highest BCUT2D eigenvalue weighted by Gasteiger charge is 2.45. The van der Waals surface area contributed by atoms with Crippen LogP contribution in [0.2, 0.25) is 5.02 Å². The van der Waals surface area contributed by atoms with Crippen molar-refractivity contribution in [1.29, 1.82) is 0 Å². The van der Waals surface area contributed by atoms with E-state index in [1.54, 1.807) is 0 Å². The molecule has 1 saturated heterocycles. The number of carbonyl (C=O) groups is 1. The van der Waals surface area contributed by atoms with Crippen LogP contribution in [0, 0.1) is 11.2 Å². The van der Waals surface area contributed by atoms with Gasteiger partial charge in [-0.15, -0.1) is 0 Å². The fourth-order valence-electron chi connectivity index (χ4n) is 2.12. The third-order valence-corrected chi connectivity index (χ3v) is 5.64. The van der Waals surface area contributed by atoms with Crippen LogP contribution in [0.1, 0.15) is 13.3 Å². The Morgan fingerprint density at radius 3 is 2.70 bits per heavy atom. The molecule has 2 rings (SSSR count). The van der Waals surface area contributed by atoms with Crippen LogP contribution < -0.4 is 0 Å². The van der Waals surface area contributed by atoms with Crippen molar-refractivity contribution >= 4 is 27.6 Å². The molecule has 1 unspecified atom stereocenters. The quantitative estimate of drug-likeness (QED) is 0.923. The van der Waals surface area contributed by atoms with Gasteiger partial charge in [0.05, 0.1) is 10.4 Å². The molecule has 0 spiro atoms. The first-order valence-corrected chi connectivity index (χ1v) is 7.68. The van der Waals surface area contributed by atoms with Gasteiger partial charge in [0.15, 0.2) is 5.82 Å². The van der Waals surface area contributed by atoms with Crippen LogP contribution in [-0.4, -0.2) is 36.9 Å². The summed E-state index contributed by atoms with van der Waals surface area (Å²) in [6, 6.07) is 3.71. The SMILES string of the molecule is CC1(C(=O)O)CCN(S(=O)(=O)c2cccc(Cl)c2F)C1. The highest BCUT2D eigenvalue weighted by Crippen LogP contribution is 2.35. The highest BCUT2D eigenvalue weighted by atomic mass is 35.5. The summed E-state index contributed by atoms with van der Waals surface area (Å²) in [5, 5.41) is 8.82. The van der Waals surface area contributed by atoms with Gasteiger partial charge in [-0.1, -0.05) is 17.7 Å². The molecule has 1 aliphatic heterocycles. The van der Waals surface area contributed by atoms with Gasteiger partial charge in [0.2, 0.25) is 10.0 Å². The van der Waals surface area contributed by atoms with Crippen molar-refractivity contribution < 1.29 is 22.7 Å². The fourth-order valence-corrected chi connectivity index (χ4v) is 4.00. The first-order valence-electron chi connectivity index (χ1n) is 5.86. The predicted molar refractivity (Wildman–Crippen MR) is 70.5 cm³/mol. The summed E-state index contributed by atoms with van der Waals surface area (Å²) < 4.78 is 39.5. The maximum absolute atomic E-state index is 13.8. The van der Waals surface area contributed by atoms with Crippen LogP contribution >= 0.6 is 11.6 Å². The zero-order chi connectivity index (χ0) is 15.1. The van der Waals surface area contributed by atoms with Crippen LogP contribution in [-0.2, 0) is 14.8 Å². The van der Waals surface area contributed by atoms with Gasteiger partial charge in [-0.2, -0.15) is 4.31 Å². The van der Waals surface area contributed by atoms with Crippen molar-refractivity contribution in [2.45, 2.75) is 18.2 Å². The summed E-state index contributed by atoms with van der Waals surface area (Å²) in [5.41, 5.74) is -1.15. The van der Waals surface area contributed by atoms with Crippen LogP contribution in [0.3, 0.4) is 0 Å². The van der Waals surface area contributed by atoms with Gasteiger partial charge in [-0.05, 0) is 25.5 Å². The number of rotatable bonds is 3. The van der Waals surface area contributed by atoms with E-state index in [4.69, 9.17) is 16.7 Å². The smallest absolute Gasteiger partial charge is 0.310 e. The van der Waals surface area contributed by atoms with Crippen LogP contribution in [0.15, 0.2) is 23.1 Å². The maximum Gasteiger partial charge on any atom is 0.310 e. The molecule has 0 aliphatic carbocycles. The average molecular weight is 322 g/mol. The zero-order valence-corrected chi connectivity index (χ0v) is 12.2. The third kappa shape index (κ3) is 2.41. The van der Waals surface area contributed by atoms with Gasteiger partial charge in [0.25, 0.3) is 0 Å². The van der Waals surface area contributed by atoms with Crippen LogP contribution in [0.5, 0.6) is 0 Å². The van der Waals surface area contributed by atoms with E-state index in [0.29, 0.717) is 0 Å². The molecule has 1 fully saturated rings. The van der Waals surface area contributed by atoms with Gasteiger partial charge in [-0.25, -0.2) is 12.8 Å². The Hall–Kier alpha value is -1.18. The first kappa shape index (κ1) is 15.2. The first-order chi connectivity index (χ1) is 9.18. The second kappa shape index (κ2) is 4.98. The number of halogens is 2. The molecular formula is C12H13ClFNO4S. The van der Waals surface area contributed by atoms with E-state index >= 15 is 0 Å². The molecule has 0 aromatic heterocycles. The van der Waals surface area contributed by atoms with Crippen molar-refractivity contribution in [2.75, 3.05) is 13.1 Å². The zero-order valence-electron chi connectivity index (χ0n) is 10.6. The molecule has 20 heavy (non-hydrogen) atoms. The van der Waals surface area contributed by atoms with Gasteiger partial charge < -0.3 is 5.11 Å². The molecular weight excluding hydrogens is 309 g/mol. The third-order valence-electron chi connectivity index (χ3n) is 3.49. The summed E-state index contributed by atoms with van der Waals surface area (Å²) >= 11 is 5.58. The van der Waals surface area contributed by atoms with Crippen molar-refractivity contribution in [3.05, 3.63) is 29.0 Å². The van der Waals surface area contributed by atoms with E-state index in [0.717, 1.165) is 10.4 Å². The summed E-state index contributed by atoms with van der Waals surface area (Å²) in [6.07, 6.45) is 0.184. The minimum atomic E-state index is -4.09. The summed E-state index contributed by atoms with van der Waals surface area (Å²) in [7, 11) is -4.09. The normalized spacial score (nSPS) is 23.9. The van der Waals surface area contributed by atoms with Crippen LogP contribution in [0.4, 0.5) is 4.39 Å². The lowest BCUT2D eigenvalue weighted by Gasteiger charge is -2.20. The Morgan fingerprint density at radius 1 is 1.50 bits per heavy atom. The lowest BCUT2D eigenvalue weighted by molar-refractivity contribution is -0.146. The van der Waals surface area contributed by atoms with Crippen LogP contribution in [0.25, 0.3) is 0 Å². The molecule has 5 nitrogen and oxygen atoms in total. The number of carboxylic acids is 1. The summed E-state index contributed by atoms with van der Waals surface area (Å²) in [4.78, 5) is 10.6. The molecule has 0 amide bonds. The summed E-state index contributed by atoms with van der Waals surface area (Å²) in [6.45, 7) is 1.33. The maximum atomic E-state index is 13.8. The van der Waals surface area contributed by atoms with E-state index in [1.807, 2.05) is 0 Å². The molecule has 8 heteroatoms. The van der Waals surface area contributed by atoms with E-state index in [9.17, 15) is 17.6 Å². The minimum absolute atomic E-state index is 0.0388. The van der Waals surface area contributed by atoms with Crippen molar-refractivity contribution in [1.82, 2.24) is 4.31 Å². The number of sulfonamides is 1. The Balaban J connectivity index is 2.38. The number of hydrogen-bond donors (Lipinski definition) is 1. The monoisotopic (exact) mass is 321 g/mol. The molecule has 0 bridgehead atoms. The predicted octanol–water partition coefficient (Wildman–Crippen LogP) is 1.96. The van der Waals surface area contributed by atoms with Gasteiger partial charge >= 0.3 is 5.97 Å². The molecule has 0 radical (unpaired) electrons. The molecule has 1 N–H and O–H groups in total. The lowest BCUT2D eigenvalue weighted by atomic mass is 9.90. The number of hydrogen-bond acceptors (Lipinski definition) is 3. The topological polar surface area (TPSA) is 74.7 Å². The van der Waals surface area contributed by atoms with E-state index in [-0.39, 0.29) is 24.5 Å². The number of benzene rings is 1. The van der Waals surface area contributed by atoms with Gasteiger partial charge in [0, 0.05) is 13.1 Å².